The average Bonchev–Trinajstić information content (AvgIpc) is 3.01. The van der Waals surface area contributed by atoms with Gasteiger partial charge in [-0.1, -0.05) is 19.3 Å². The molecule has 3 aliphatic rings. The van der Waals surface area contributed by atoms with Gasteiger partial charge in [-0.25, -0.2) is 0 Å². The molecule has 0 aromatic rings. The van der Waals surface area contributed by atoms with E-state index >= 15 is 0 Å². The number of hydrogen-bond acceptors (Lipinski definition) is 3. The topological polar surface area (TPSA) is 27.3 Å². The fraction of sp³-hybridized carbons (Fsp3) is 1.00. The third kappa shape index (κ3) is 3.55. The lowest BCUT2D eigenvalue weighted by Crippen LogP contribution is -2.51. The Morgan fingerprint density at radius 1 is 1.00 bits per heavy atom. The largest absolute Gasteiger partial charge is 0.314 e. The van der Waals surface area contributed by atoms with Gasteiger partial charge in [0.1, 0.15) is 0 Å². The van der Waals surface area contributed by atoms with E-state index in [4.69, 9.17) is 0 Å². The second kappa shape index (κ2) is 7.24. The number of piperidine rings is 1. The molecule has 0 amide bonds. The van der Waals surface area contributed by atoms with Crippen LogP contribution in [0, 0.1) is 5.92 Å². The van der Waals surface area contributed by atoms with E-state index in [0.717, 1.165) is 24.0 Å². The first-order valence-electron chi connectivity index (χ1n) is 9.01. The lowest BCUT2D eigenvalue weighted by Gasteiger charge is -2.39. The number of nitrogens with one attached hydrogen (secondary N) is 2. The SMILES string of the molecule is CN1CCCCC1CNC1CCCCC1C1CCCN1. The van der Waals surface area contributed by atoms with Gasteiger partial charge in [-0.3, -0.25) is 0 Å². The van der Waals surface area contributed by atoms with Crippen molar-refractivity contribution in [2.24, 2.45) is 5.92 Å². The van der Waals surface area contributed by atoms with E-state index in [1.165, 1.54) is 77.4 Å². The number of rotatable bonds is 4. The van der Waals surface area contributed by atoms with Gasteiger partial charge in [0.05, 0.1) is 0 Å². The first kappa shape index (κ1) is 14.8. The highest BCUT2D eigenvalue weighted by atomic mass is 15.2. The van der Waals surface area contributed by atoms with E-state index in [1.54, 1.807) is 0 Å². The van der Waals surface area contributed by atoms with Crippen LogP contribution >= 0.6 is 0 Å². The fourth-order valence-corrected chi connectivity index (χ4v) is 4.66. The number of likely N-dealkylation sites (N-methyl/N-ethyl adjacent to an activating group) is 1. The van der Waals surface area contributed by atoms with E-state index in [1.807, 2.05) is 0 Å². The highest BCUT2D eigenvalue weighted by Gasteiger charge is 2.33. The van der Waals surface area contributed by atoms with Crippen LogP contribution in [0.5, 0.6) is 0 Å². The van der Waals surface area contributed by atoms with Gasteiger partial charge in [0.15, 0.2) is 0 Å². The summed E-state index contributed by atoms with van der Waals surface area (Å²) in [6.07, 6.45) is 12.7. The molecule has 0 aromatic carbocycles. The lowest BCUT2D eigenvalue weighted by molar-refractivity contribution is 0.156. The number of nitrogens with zero attached hydrogens (tertiary/aromatic N) is 1. The predicted octanol–water partition coefficient (Wildman–Crippen LogP) is 2.37. The molecule has 2 N–H and O–H groups in total. The van der Waals surface area contributed by atoms with Crippen LogP contribution in [0.2, 0.25) is 0 Å². The minimum atomic E-state index is 0.773. The van der Waals surface area contributed by atoms with Gasteiger partial charge in [-0.05, 0) is 64.6 Å². The van der Waals surface area contributed by atoms with Crippen LogP contribution < -0.4 is 10.6 Å². The monoisotopic (exact) mass is 279 g/mol. The number of likely N-dealkylation sites (tertiary alicyclic amines) is 1. The third-order valence-corrected chi connectivity index (χ3v) is 5.97. The van der Waals surface area contributed by atoms with Crippen LogP contribution in [-0.4, -0.2) is 49.7 Å². The molecule has 0 radical (unpaired) electrons. The summed E-state index contributed by atoms with van der Waals surface area (Å²) in [5, 5.41) is 7.72. The maximum absolute atomic E-state index is 3.97. The van der Waals surface area contributed by atoms with Crippen molar-refractivity contribution in [2.45, 2.75) is 75.9 Å². The molecule has 3 nitrogen and oxygen atoms in total. The van der Waals surface area contributed by atoms with Gasteiger partial charge in [0, 0.05) is 24.7 Å². The fourth-order valence-electron chi connectivity index (χ4n) is 4.66. The molecule has 3 fully saturated rings. The number of hydrogen-bond donors (Lipinski definition) is 2. The van der Waals surface area contributed by atoms with Crippen molar-refractivity contribution in [1.82, 2.24) is 15.5 Å². The lowest BCUT2D eigenvalue weighted by atomic mass is 9.79. The second-order valence-electron chi connectivity index (χ2n) is 7.30. The van der Waals surface area contributed by atoms with Crippen LogP contribution in [0.3, 0.4) is 0 Å². The maximum Gasteiger partial charge on any atom is 0.0217 e. The van der Waals surface area contributed by atoms with E-state index in [2.05, 4.69) is 22.6 Å². The first-order valence-corrected chi connectivity index (χ1v) is 9.01. The molecule has 20 heavy (non-hydrogen) atoms. The summed E-state index contributed by atoms with van der Waals surface area (Å²) in [5.41, 5.74) is 0. The van der Waals surface area contributed by atoms with E-state index in [9.17, 15) is 0 Å². The third-order valence-electron chi connectivity index (χ3n) is 5.97. The molecule has 4 atom stereocenters. The maximum atomic E-state index is 3.97. The zero-order valence-corrected chi connectivity index (χ0v) is 13.2. The summed E-state index contributed by atoms with van der Waals surface area (Å²) in [7, 11) is 2.31. The van der Waals surface area contributed by atoms with Crippen molar-refractivity contribution >= 4 is 0 Å². The molecular weight excluding hydrogens is 246 g/mol. The molecule has 1 saturated carbocycles. The zero-order chi connectivity index (χ0) is 13.8. The molecular formula is C17H33N3. The molecule has 3 rings (SSSR count). The van der Waals surface area contributed by atoms with Crippen molar-refractivity contribution in [2.75, 3.05) is 26.7 Å². The molecule has 1 aliphatic carbocycles. The Morgan fingerprint density at radius 3 is 2.65 bits per heavy atom. The van der Waals surface area contributed by atoms with Gasteiger partial charge in [-0.15, -0.1) is 0 Å². The van der Waals surface area contributed by atoms with Gasteiger partial charge < -0.3 is 15.5 Å². The summed E-state index contributed by atoms with van der Waals surface area (Å²) < 4.78 is 0. The Morgan fingerprint density at radius 2 is 1.85 bits per heavy atom. The zero-order valence-electron chi connectivity index (χ0n) is 13.2. The van der Waals surface area contributed by atoms with Crippen molar-refractivity contribution in [3.05, 3.63) is 0 Å². The van der Waals surface area contributed by atoms with Crippen LogP contribution in [0.1, 0.15) is 57.8 Å². The molecule has 2 saturated heterocycles. The van der Waals surface area contributed by atoms with Crippen molar-refractivity contribution in [3.8, 4) is 0 Å². The Hall–Kier alpha value is -0.120. The summed E-state index contributed by atoms with van der Waals surface area (Å²) in [4.78, 5) is 2.57. The first-order chi connectivity index (χ1) is 9.84. The molecule has 0 spiro atoms. The van der Waals surface area contributed by atoms with Gasteiger partial charge >= 0.3 is 0 Å². The standard InChI is InChI=1S/C17H33N3/c1-20-12-5-4-7-14(20)13-19-17-9-3-2-8-15(17)16-10-6-11-18-16/h14-19H,2-13H2,1H3. The quantitative estimate of drug-likeness (QED) is 0.827. The van der Waals surface area contributed by atoms with Gasteiger partial charge in [-0.2, -0.15) is 0 Å². The van der Waals surface area contributed by atoms with Crippen LogP contribution in [0.15, 0.2) is 0 Å². The van der Waals surface area contributed by atoms with E-state index in [-0.39, 0.29) is 0 Å². The van der Waals surface area contributed by atoms with Crippen LogP contribution in [0.4, 0.5) is 0 Å². The molecule has 3 heteroatoms. The van der Waals surface area contributed by atoms with E-state index < -0.39 is 0 Å². The Labute approximate surface area is 124 Å². The van der Waals surface area contributed by atoms with Crippen LogP contribution in [-0.2, 0) is 0 Å². The van der Waals surface area contributed by atoms with Gasteiger partial charge in [0.2, 0.25) is 0 Å². The van der Waals surface area contributed by atoms with Crippen molar-refractivity contribution < 1.29 is 0 Å². The molecule has 0 bridgehead atoms. The average molecular weight is 279 g/mol. The second-order valence-corrected chi connectivity index (χ2v) is 7.30. The molecule has 2 heterocycles. The van der Waals surface area contributed by atoms with Crippen molar-refractivity contribution in [3.63, 3.8) is 0 Å². The van der Waals surface area contributed by atoms with Crippen molar-refractivity contribution in [1.29, 1.82) is 0 Å². The summed E-state index contributed by atoms with van der Waals surface area (Å²) in [6, 6.07) is 2.36. The highest BCUT2D eigenvalue weighted by Crippen LogP contribution is 2.30. The van der Waals surface area contributed by atoms with E-state index in [0.29, 0.717) is 0 Å². The smallest absolute Gasteiger partial charge is 0.0217 e. The minimum Gasteiger partial charge on any atom is -0.314 e. The predicted molar refractivity (Wildman–Crippen MR) is 85.0 cm³/mol. The molecule has 4 unspecified atom stereocenters. The normalized spacial score (nSPS) is 40.0. The highest BCUT2D eigenvalue weighted by molar-refractivity contribution is 4.92. The minimum absolute atomic E-state index is 0.773. The van der Waals surface area contributed by atoms with Crippen LogP contribution in [0.25, 0.3) is 0 Å². The molecule has 2 aliphatic heterocycles. The summed E-state index contributed by atoms with van der Waals surface area (Å²) >= 11 is 0. The summed E-state index contributed by atoms with van der Waals surface area (Å²) in [5.74, 6) is 0.889. The Kier molecular flexibility index (Phi) is 5.36. The molecule has 0 aromatic heterocycles. The summed E-state index contributed by atoms with van der Waals surface area (Å²) in [6.45, 7) is 3.76. The Bertz CT molecular complexity index is 288. The molecule has 116 valence electrons. The van der Waals surface area contributed by atoms with Gasteiger partial charge in [0.25, 0.3) is 0 Å². The Balaban J connectivity index is 1.51.